The summed E-state index contributed by atoms with van der Waals surface area (Å²) in [4.78, 5) is 10.5. The highest BCUT2D eigenvalue weighted by molar-refractivity contribution is 6.30. The van der Waals surface area contributed by atoms with Gasteiger partial charge in [0.05, 0.1) is 18.6 Å². The van der Waals surface area contributed by atoms with E-state index < -0.39 is 4.92 Å². The van der Waals surface area contributed by atoms with Crippen LogP contribution in [0.1, 0.15) is 5.56 Å². The lowest BCUT2D eigenvalue weighted by Crippen LogP contribution is -1.97. The molecule has 0 bridgehead atoms. The van der Waals surface area contributed by atoms with Crippen molar-refractivity contribution < 1.29 is 19.5 Å². The summed E-state index contributed by atoms with van der Waals surface area (Å²) in [5, 5.41) is 20.8. The summed E-state index contributed by atoms with van der Waals surface area (Å²) in [5.41, 5.74) is 0.231. The van der Waals surface area contributed by atoms with E-state index in [0.717, 1.165) is 0 Å². The molecule has 0 saturated carbocycles. The van der Waals surface area contributed by atoms with Crippen LogP contribution in [0.3, 0.4) is 0 Å². The van der Waals surface area contributed by atoms with E-state index in [0.29, 0.717) is 22.1 Å². The largest absolute Gasteiger partial charge is 0.497 e. The molecule has 2 aromatic carbocycles. The lowest BCUT2D eigenvalue weighted by Gasteiger charge is -2.11. The highest BCUT2D eigenvalue weighted by Crippen LogP contribution is 2.36. The van der Waals surface area contributed by atoms with Crippen LogP contribution in [-0.4, -0.2) is 17.1 Å². The van der Waals surface area contributed by atoms with Crippen molar-refractivity contribution >= 4 is 17.3 Å². The molecule has 0 fully saturated rings. The molecule has 1 N–H and O–H groups in total. The topological polar surface area (TPSA) is 81.8 Å². The molecule has 0 amide bonds. The zero-order chi connectivity index (χ0) is 15.4. The van der Waals surface area contributed by atoms with Gasteiger partial charge in [-0.15, -0.1) is 0 Å². The number of nitro benzene ring substituents is 1. The monoisotopic (exact) mass is 309 g/mol. The van der Waals surface area contributed by atoms with Crippen molar-refractivity contribution in [1.82, 2.24) is 0 Å². The van der Waals surface area contributed by atoms with Crippen LogP contribution in [0.25, 0.3) is 0 Å². The minimum atomic E-state index is -0.552. The van der Waals surface area contributed by atoms with Crippen molar-refractivity contribution in [2.45, 2.75) is 6.61 Å². The molecular formula is C14H12ClNO5. The number of nitro groups is 1. The molecule has 0 unspecified atom stereocenters. The highest BCUT2D eigenvalue weighted by atomic mass is 35.5. The lowest BCUT2D eigenvalue weighted by molar-refractivity contribution is -0.385. The predicted octanol–water partition coefficient (Wildman–Crippen LogP) is 3.54. The van der Waals surface area contributed by atoms with Gasteiger partial charge in [-0.3, -0.25) is 10.1 Å². The number of halogens is 1. The van der Waals surface area contributed by atoms with Crippen LogP contribution >= 0.6 is 11.6 Å². The third kappa shape index (κ3) is 3.42. The van der Waals surface area contributed by atoms with E-state index in [1.54, 1.807) is 6.07 Å². The molecule has 0 radical (unpaired) electrons. The Labute approximate surface area is 125 Å². The molecule has 0 saturated heterocycles. The number of rotatable bonds is 5. The second-order valence-electron chi connectivity index (χ2n) is 4.10. The summed E-state index contributed by atoms with van der Waals surface area (Å²) in [7, 11) is 1.45. The zero-order valence-electron chi connectivity index (χ0n) is 11.1. The van der Waals surface area contributed by atoms with Gasteiger partial charge in [0, 0.05) is 22.7 Å². The third-order valence-electron chi connectivity index (χ3n) is 2.78. The average Bonchev–Trinajstić information content (AvgIpc) is 2.48. The molecule has 0 aliphatic rings. The molecule has 6 nitrogen and oxygen atoms in total. The number of hydrogen-bond donors (Lipinski definition) is 1. The average molecular weight is 310 g/mol. The Balaban J connectivity index is 2.45. The molecule has 7 heteroatoms. The van der Waals surface area contributed by atoms with Crippen LogP contribution in [0, 0.1) is 10.1 Å². The second-order valence-corrected chi connectivity index (χ2v) is 4.54. The van der Waals surface area contributed by atoms with Crippen LogP contribution < -0.4 is 9.47 Å². The maximum atomic E-state index is 11.0. The molecule has 0 heterocycles. The first-order valence-corrected chi connectivity index (χ1v) is 6.32. The number of methoxy groups -OCH3 is 1. The Morgan fingerprint density at radius 1 is 1.24 bits per heavy atom. The van der Waals surface area contributed by atoms with Gasteiger partial charge in [-0.25, -0.2) is 0 Å². The molecule has 0 spiro atoms. The van der Waals surface area contributed by atoms with Crippen LogP contribution in [0.15, 0.2) is 36.4 Å². The van der Waals surface area contributed by atoms with Crippen LogP contribution in [-0.2, 0) is 6.61 Å². The molecule has 0 aliphatic heterocycles. The van der Waals surface area contributed by atoms with Crippen LogP contribution in [0.2, 0.25) is 5.02 Å². The normalized spacial score (nSPS) is 10.2. The van der Waals surface area contributed by atoms with Crippen molar-refractivity contribution in [3.63, 3.8) is 0 Å². The van der Waals surface area contributed by atoms with E-state index in [9.17, 15) is 15.2 Å². The van der Waals surface area contributed by atoms with Gasteiger partial charge in [0.25, 0.3) is 0 Å². The minimum absolute atomic E-state index is 0.0244. The van der Waals surface area contributed by atoms with Crippen molar-refractivity contribution in [2.24, 2.45) is 0 Å². The molecule has 21 heavy (non-hydrogen) atoms. The summed E-state index contributed by atoms with van der Waals surface area (Å²) < 4.78 is 10.6. The van der Waals surface area contributed by atoms with Crippen molar-refractivity contribution in [2.75, 3.05) is 7.11 Å². The van der Waals surface area contributed by atoms with Gasteiger partial charge in [0.1, 0.15) is 11.5 Å². The number of ether oxygens (including phenoxy) is 2. The van der Waals surface area contributed by atoms with E-state index in [4.69, 9.17) is 21.1 Å². The number of benzene rings is 2. The summed E-state index contributed by atoms with van der Waals surface area (Å²) in [6.07, 6.45) is 0. The predicted molar refractivity (Wildman–Crippen MR) is 77.1 cm³/mol. The maximum Gasteiger partial charge on any atom is 0.311 e. The SMILES string of the molecule is COc1ccc([N+](=O)[O-])c(Oc2ccc(Cl)cc2CO)c1. The number of aliphatic hydroxyl groups is 1. The molecule has 0 aliphatic carbocycles. The molecular weight excluding hydrogens is 298 g/mol. The Bertz CT molecular complexity index is 674. The Morgan fingerprint density at radius 2 is 2.00 bits per heavy atom. The molecule has 0 aromatic heterocycles. The minimum Gasteiger partial charge on any atom is -0.497 e. The smallest absolute Gasteiger partial charge is 0.311 e. The second kappa shape index (κ2) is 6.43. The van der Waals surface area contributed by atoms with E-state index in [2.05, 4.69) is 0 Å². The summed E-state index contributed by atoms with van der Waals surface area (Å²) in [5.74, 6) is 0.740. The number of nitrogens with zero attached hydrogens (tertiary/aromatic N) is 1. The van der Waals surface area contributed by atoms with Crippen LogP contribution in [0.4, 0.5) is 5.69 Å². The van der Waals surface area contributed by atoms with E-state index in [1.165, 1.54) is 37.4 Å². The Hall–Kier alpha value is -2.31. The zero-order valence-corrected chi connectivity index (χ0v) is 11.8. The van der Waals surface area contributed by atoms with Gasteiger partial charge in [-0.2, -0.15) is 0 Å². The van der Waals surface area contributed by atoms with Gasteiger partial charge in [0.2, 0.25) is 5.75 Å². The summed E-state index contributed by atoms with van der Waals surface area (Å²) in [6.45, 7) is -0.298. The standard InChI is InChI=1S/C14H12ClNO5/c1-20-11-3-4-12(16(18)19)14(7-11)21-13-5-2-10(15)6-9(13)8-17/h2-7,17H,8H2,1H3. The number of hydrogen-bond acceptors (Lipinski definition) is 5. The Kier molecular flexibility index (Phi) is 4.62. The fourth-order valence-corrected chi connectivity index (χ4v) is 1.94. The number of aliphatic hydroxyl groups excluding tert-OH is 1. The van der Waals surface area contributed by atoms with Gasteiger partial charge >= 0.3 is 5.69 Å². The van der Waals surface area contributed by atoms with Gasteiger partial charge in [0.15, 0.2) is 0 Å². The highest BCUT2D eigenvalue weighted by Gasteiger charge is 2.18. The van der Waals surface area contributed by atoms with Crippen LogP contribution in [0.5, 0.6) is 17.2 Å². The fraction of sp³-hybridized carbons (Fsp3) is 0.143. The molecule has 110 valence electrons. The first kappa shape index (κ1) is 15.1. The van der Waals surface area contributed by atoms with Crippen molar-refractivity contribution in [1.29, 1.82) is 0 Å². The molecule has 0 atom stereocenters. The van der Waals surface area contributed by atoms with E-state index in [-0.39, 0.29) is 18.0 Å². The third-order valence-corrected chi connectivity index (χ3v) is 3.01. The van der Waals surface area contributed by atoms with E-state index in [1.807, 2.05) is 0 Å². The molecule has 2 rings (SSSR count). The van der Waals surface area contributed by atoms with Crippen molar-refractivity contribution in [3.8, 4) is 17.2 Å². The van der Waals surface area contributed by atoms with Gasteiger partial charge in [-0.05, 0) is 24.3 Å². The van der Waals surface area contributed by atoms with Crippen molar-refractivity contribution in [3.05, 3.63) is 57.1 Å². The van der Waals surface area contributed by atoms with Gasteiger partial charge < -0.3 is 14.6 Å². The fourth-order valence-electron chi connectivity index (χ4n) is 1.74. The van der Waals surface area contributed by atoms with E-state index >= 15 is 0 Å². The first-order valence-electron chi connectivity index (χ1n) is 5.94. The quantitative estimate of drug-likeness (QED) is 0.674. The van der Waals surface area contributed by atoms with Gasteiger partial charge in [-0.1, -0.05) is 11.6 Å². The maximum absolute atomic E-state index is 11.0. The first-order chi connectivity index (χ1) is 10.0. The summed E-state index contributed by atoms with van der Waals surface area (Å²) in [6, 6.07) is 8.82. The Morgan fingerprint density at radius 3 is 2.62 bits per heavy atom. The summed E-state index contributed by atoms with van der Waals surface area (Å²) >= 11 is 5.83. The molecule has 2 aromatic rings. The lowest BCUT2D eigenvalue weighted by atomic mass is 10.2.